The average molecular weight is 619 g/mol. The van der Waals surface area contributed by atoms with Crippen LogP contribution in [0.25, 0.3) is 95.3 Å². The maximum atomic E-state index is 2.35. The second-order valence-electron chi connectivity index (χ2n) is 12.2. The zero-order valence-corrected chi connectivity index (χ0v) is 26.5. The first kappa shape index (κ1) is 26.0. The maximum absolute atomic E-state index is 2.35. The molecule has 10 rings (SSSR count). The summed E-state index contributed by atoms with van der Waals surface area (Å²) in [5, 5.41) is 15.4. The van der Waals surface area contributed by atoms with E-state index in [1.54, 1.807) is 0 Å². The Labute approximate surface area is 274 Å². The largest absolute Gasteiger partial charge is 0.134 e. The summed E-state index contributed by atoms with van der Waals surface area (Å²) in [6.07, 6.45) is 0. The minimum absolute atomic E-state index is 1.27. The number of rotatable bonds is 3. The van der Waals surface area contributed by atoms with Crippen LogP contribution >= 0.6 is 22.7 Å². The van der Waals surface area contributed by atoms with Gasteiger partial charge in [0.25, 0.3) is 0 Å². The molecule has 0 aliphatic carbocycles. The smallest absolute Gasteiger partial charge is 0.0449 e. The quantitative estimate of drug-likeness (QED) is 0.173. The van der Waals surface area contributed by atoms with Crippen LogP contribution < -0.4 is 0 Å². The molecule has 46 heavy (non-hydrogen) atoms. The standard InChI is InChI=1S/C44H26S2/c1-3-7-29-19-39-25-35-23-33(11-9-31(35)21-37(39)17-27(29)5-1)41-13-15-43(45-41)44-16-14-42(46-44)34-12-10-32-22-38-18-28-6-2-4-8-30(28)20-40(38)26-36(32)24-34/h1-26H. The molecule has 0 amide bonds. The first-order valence-electron chi connectivity index (χ1n) is 15.6. The highest BCUT2D eigenvalue weighted by atomic mass is 32.1. The molecule has 0 bridgehead atoms. The van der Waals surface area contributed by atoms with Gasteiger partial charge in [0, 0.05) is 19.5 Å². The molecule has 0 radical (unpaired) electrons. The van der Waals surface area contributed by atoms with E-state index in [4.69, 9.17) is 0 Å². The minimum atomic E-state index is 1.27. The van der Waals surface area contributed by atoms with Gasteiger partial charge in [-0.25, -0.2) is 0 Å². The molecule has 2 heteroatoms. The Morgan fingerprint density at radius 1 is 0.217 bits per heavy atom. The molecule has 0 fully saturated rings. The van der Waals surface area contributed by atoms with E-state index in [0.29, 0.717) is 0 Å². The Morgan fingerprint density at radius 3 is 0.870 bits per heavy atom. The lowest BCUT2D eigenvalue weighted by Gasteiger charge is -2.07. The number of hydrogen-bond donors (Lipinski definition) is 0. The highest BCUT2D eigenvalue weighted by molar-refractivity contribution is 7.25. The van der Waals surface area contributed by atoms with E-state index in [0.717, 1.165) is 0 Å². The van der Waals surface area contributed by atoms with Gasteiger partial charge >= 0.3 is 0 Å². The highest BCUT2D eigenvalue weighted by Gasteiger charge is 2.11. The Morgan fingerprint density at radius 2 is 0.500 bits per heavy atom. The topological polar surface area (TPSA) is 0 Å². The van der Waals surface area contributed by atoms with Crippen LogP contribution in [-0.4, -0.2) is 0 Å². The van der Waals surface area contributed by atoms with Crippen molar-refractivity contribution in [1.82, 2.24) is 0 Å². The zero-order valence-electron chi connectivity index (χ0n) is 24.8. The van der Waals surface area contributed by atoms with Crippen LogP contribution in [0.3, 0.4) is 0 Å². The molecule has 0 spiro atoms. The summed E-state index contributed by atoms with van der Waals surface area (Å²) in [7, 11) is 0. The van der Waals surface area contributed by atoms with E-state index in [1.165, 1.54) is 95.3 Å². The van der Waals surface area contributed by atoms with Crippen molar-refractivity contribution < 1.29 is 0 Å². The lowest BCUT2D eigenvalue weighted by Crippen LogP contribution is -1.80. The summed E-state index contributed by atoms with van der Waals surface area (Å²) in [6.45, 7) is 0. The second kappa shape index (κ2) is 10.1. The summed E-state index contributed by atoms with van der Waals surface area (Å²) >= 11 is 3.75. The third kappa shape index (κ3) is 4.34. The molecule has 10 aromatic rings. The number of fused-ring (bicyclic) bond motifs is 6. The molecule has 8 aromatic carbocycles. The van der Waals surface area contributed by atoms with Gasteiger partial charge in [-0.1, -0.05) is 72.8 Å². The van der Waals surface area contributed by atoms with E-state index in [-0.39, 0.29) is 0 Å². The summed E-state index contributed by atoms with van der Waals surface area (Å²) < 4.78 is 0. The van der Waals surface area contributed by atoms with Crippen LogP contribution in [0.15, 0.2) is 158 Å². The Kier molecular flexibility index (Phi) is 5.72. The minimum Gasteiger partial charge on any atom is -0.134 e. The van der Waals surface area contributed by atoms with Gasteiger partial charge < -0.3 is 0 Å². The fourth-order valence-electron chi connectivity index (χ4n) is 6.94. The van der Waals surface area contributed by atoms with Crippen molar-refractivity contribution in [3.05, 3.63) is 158 Å². The van der Waals surface area contributed by atoms with Crippen molar-refractivity contribution in [2.45, 2.75) is 0 Å². The normalized spacial score (nSPS) is 11.9. The summed E-state index contributed by atoms with van der Waals surface area (Å²) in [5.41, 5.74) is 2.55. The number of thiophene rings is 2. The maximum Gasteiger partial charge on any atom is 0.0449 e. The lowest BCUT2D eigenvalue weighted by atomic mass is 9.98. The molecule has 2 heterocycles. The van der Waals surface area contributed by atoms with Gasteiger partial charge in [-0.15, -0.1) is 22.7 Å². The molecule has 2 aromatic heterocycles. The van der Waals surface area contributed by atoms with Crippen LogP contribution in [0, 0.1) is 0 Å². The Bertz CT molecular complexity index is 2620. The SMILES string of the molecule is c1ccc2cc3cc4cc(-c5ccc(-c6ccc(-c7ccc8cc9cc%10ccccc%10cc9cc8c7)s6)s5)ccc4cc3cc2c1. The van der Waals surface area contributed by atoms with Crippen molar-refractivity contribution >= 4 is 87.3 Å². The van der Waals surface area contributed by atoms with Crippen LogP contribution in [0.2, 0.25) is 0 Å². The fraction of sp³-hybridized carbons (Fsp3) is 0. The van der Waals surface area contributed by atoms with Crippen LogP contribution in [0.4, 0.5) is 0 Å². The lowest BCUT2D eigenvalue weighted by molar-refractivity contribution is 1.76. The molecule has 0 unspecified atom stereocenters. The Balaban J connectivity index is 0.971. The van der Waals surface area contributed by atoms with Crippen molar-refractivity contribution in [1.29, 1.82) is 0 Å². The van der Waals surface area contributed by atoms with Gasteiger partial charge in [-0.3, -0.25) is 0 Å². The fourth-order valence-corrected chi connectivity index (χ4v) is 9.04. The van der Waals surface area contributed by atoms with Gasteiger partial charge in [0.2, 0.25) is 0 Å². The highest BCUT2D eigenvalue weighted by Crippen LogP contribution is 2.42. The molecule has 0 aliphatic rings. The van der Waals surface area contributed by atoms with Crippen LogP contribution in [-0.2, 0) is 0 Å². The van der Waals surface area contributed by atoms with Gasteiger partial charge in [0.1, 0.15) is 0 Å². The Hall–Kier alpha value is -5.28. The molecule has 0 nitrogen and oxygen atoms in total. The first-order chi connectivity index (χ1) is 22.7. The van der Waals surface area contributed by atoms with Crippen molar-refractivity contribution in [3.63, 3.8) is 0 Å². The molecule has 214 valence electrons. The van der Waals surface area contributed by atoms with E-state index >= 15 is 0 Å². The second-order valence-corrected chi connectivity index (χ2v) is 14.4. The summed E-state index contributed by atoms with van der Waals surface area (Å²) in [6, 6.07) is 58.7. The molecule has 0 saturated carbocycles. The summed E-state index contributed by atoms with van der Waals surface area (Å²) in [4.78, 5) is 5.23. The average Bonchev–Trinajstić information content (AvgIpc) is 3.78. The van der Waals surface area contributed by atoms with Crippen molar-refractivity contribution in [2.24, 2.45) is 0 Å². The van der Waals surface area contributed by atoms with E-state index in [9.17, 15) is 0 Å². The predicted octanol–water partition coefficient (Wildman–Crippen LogP) is 13.7. The van der Waals surface area contributed by atoms with E-state index in [2.05, 4.69) is 158 Å². The van der Waals surface area contributed by atoms with Crippen molar-refractivity contribution in [2.75, 3.05) is 0 Å². The number of hydrogen-bond acceptors (Lipinski definition) is 2. The van der Waals surface area contributed by atoms with Gasteiger partial charge in [-0.05, 0) is 161 Å². The third-order valence-electron chi connectivity index (χ3n) is 9.34. The van der Waals surface area contributed by atoms with Crippen molar-refractivity contribution in [3.8, 4) is 30.6 Å². The third-order valence-corrected chi connectivity index (χ3v) is 11.8. The van der Waals surface area contributed by atoms with Gasteiger partial charge in [-0.2, -0.15) is 0 Å². The first-order valence-corrected chi connectivity index (χ1v) is 17.3. The predicted molar refractivity (Wildman–Crippen MR) is 204 cm³/mol. The molecular weight excluding hydrogens is 593 g/mol. The van der Waals surface area contributed by atoms with Crippen LogP contribution in [0.1, 0.15) is 0 Å². The number of benzene rings is 8. The van der Waals surface area contributed by atoms with Gasteiger partial charge in [0.15, 0.2) is 0 Å². The molecule has 0 N–H and O–H groups in total. The monoisotopic (exact) mass is 618 g/mol. The van der Waals surface area contributed by atoms with E-state index in [1.807, 2.05) is 22.7 Å². The molecular formula is C44H26S2. The molecule has 0 atom stereocenters. The van der Waals surface area contributed by atoms with Gasteiger partial charge in [0.05, 0.1) is 0 Å². The molecule has 0 aliphatic heterocycles. The zero-order chi connectivity index (χ0) is 30.2. The summed E-state index contributed by atoms with van der Waals surface area (Å²) in [5.74, 6) is 0. The molecule has 0 saturated heterocycles. The van der Waals surface area contributed by atoms with Crippen LogP contribution in [0.5, 0.6) is 0 Å². The van der Waals surface area contributed by atoms with E-state index < -0.39 is 0 Å².